The molecule has 5 aliphatic rings. The molecule has 0 amide bonds. The number of esters is 1. The molecule has 4 heteroatoms. The molecule has 5 rings (SSSR count). The monoisotopic (exact) mass is 590 g/mol. The van der Waals surface area contributed by atoms with E-state index in [4.69, 9.17) is 4.74 Å². The average Bonchev–Trinajstić information content (AvgIpc) is 2.78. The first-order valence-corrected chi connectivity index (χ1v) is 14.6. The van der Waals surface area contributed by atoms with Crippen LogP contribution in [-0.2, 0) is 14.3 Å². The number of halogens is 1. The van der Waals surface area contributed by atoms with Gasteiger partial charge >= 0.3 is 5.97 Å². The molecule has 0 radical (unpaired) electrons. The lowest BCUT2D eigenvalue weighted by molar-refractivity contribution is -0.158. The number of methoxy groups -OCH3 is 1. The van der Waals surface area contributed by atoms with Gasteiger partial charge in [-0.3, -0.25) is 9.59 Å². The van der Waals surface area contributed by atoms with Crippen molar-refractivity contribution in [3.05, 3.63) is 33.0 Å². The number of carbonyl (C=O) groups is 2. The normalized spacial score (nSPS) is 48.3. The molecule has 3 saturated carbocycles. The van der Waals surface area contributed by atoms with Crippen molar-refractivity contribution in [1.29, 1.82) is 0 Å². The van der Waals surface area contributed by atoms with Gasteiger partial charge in [0, 0.05) is 10.8 Å². The largest absolute Gasteiger partial charge is 0.469 e. The van der Waals surface area contributed by atoms with Gasteiger partial charge in [0.1, 0.15) is 0 Å². The molecule has 0 spiro atoms. The molecule has 0 saturated heterocycles. The van der Waals surface area contributed by atoms with E-state index in [0.29, 0.717) is 17.6 Å². The van der Waals surface area contributed by atoms with E-state index in [-0.39, 0.29) is 33.0 Å². The maximum Gasteiger partial charge on any atom is 0.311 e. The first-order valence-electron chi connectivity index (χ1n) is 13.5. The fourth-order valence-electron chi connectivity index (χ4n) is 9.55. The molecule has 0 aromatic heterocycles. The number of hydrogen-bond acceptors (Lipinski definition) is 3. The Morgan fingerprint density at radius 1 is 0.943 bits per heavy atom. The average molecular weight is 591 g/mol. The van der Waals surface area contributed by atoms with E-state index in [2.05, 4.69) is 89.3 Å². The van der Waals surface area contributed by atoms with E-state index in [1.54, 1.807) is 5.57 Å². The molecule has 0 aliphatic heterocycles. The van der Waals surface area contributed by atoms with Crippen LogP contribution in [0, 0.1) is 44.3 Å². The zero-order chi connectivity index (χ0) is 25.8. The first-order chi connectivity index (χ1) is 16.1. The summed E-state index contributed by atoms with van der Waals surface area (Å²) in [4.78, 5) is 26.0. The lowest BCUT2D eigenvalue weighted by Gasteiger charge is -2.67. The van der Waals surface area contributed by atoms with E-state index in [1.807, 2.05) is 0 Å². The lowest BCUT2D eigenvalue weighted by atomic mass is 9.37. The molecular weight excluding hydrogens is 547 g/mol. The van der Waals surface area contributed by atoms with E-state index in [0.717, 1.165) is 35.7 Å². The second kappa shape index (κ2) is 7.57. The van der Waals surface area contributed by atoms with Crippen LogP contribution >= 0.6 is 22.6 Å². The third-order valence-corrected chi connectivity index (χ3v) is 13.0. The Hall–Kier alpha value is -0.910. The summed E-state index contributed by atoms with van der Waals surface area (Å²) in [5, 5.41) is 0. The molecule has 0 N–H and O–H groups in total. The minimum Gasteiger partial charge on any atom is -0.469 e. The van der Waals surface area contributed by atoms with Crippen molar-refractivity contribution >= 4 is 34.3 Å². The molecule has 7 atom stereocenters. The van der Waals surface area contributed by atoms with Crippen molar-refractivity contribution < 1.29 is 14.3 Å². The Morgan fingerprint density at radius 3 is 2.26 bits per heavy atom. The van der Waals surface area contributed by atoms with Gasteiger partial charge in [-0.15, -0.1) is 0 Å². The molecule has 0 heterocycles. The lowest BCUT2D eigenvalue weighted by Crippen LogP contribution is -2.59. The molecule has 0 aromatic rings. The third kappa shape index (κ3) is 3.13. The highest BCUT2D eigenvalue weighted by atomic mass is 127. The minimum absolute atomic E-state index is 0.0483. The van der Waals surface area contributed by atoms with Crippen LogP contribution in [0.25, 0.3) is 0 Å². The second-order valence-electron chi connectivity index (χ2n) is 14.2. The summed E-state index contributed by atoms with van der Waals surface area (Å²) in [7, 11) is 1.53. The van der Waals surface area contributed by atoms with E-state index in [9.17, 15) is 9.59 Å². The SMILES string of the molecule is COC(=O)[C@@]1(C)CC[C@]2(C)CC[C@]3(C)C(=CC=C4[C@@]5(C)C=C(I)C(=O)C(C)(C)[C@@H]5CC[C@]43C)[C@@H]2C1. The van der Waals surface area contributed by atoms with Crippen LogP contribution in [0.2, 0.25) is 0 Å². The maximum absolute atomic E-state index is 13.2. The summed E-state index contributed by atoms with van der Waals surface area (Å²) < 4.78 is 6.17. The molecule has 5 aliphatic carbocycles. The number of fused-ring (bicyclic) bond motifs is 7. The Kier molecular flexibility index (Phi) is 5.56. The number of rotatable bonds is 1. The van der Waals surface area contributed by atoms with Gasteiger partial charge in [-0.1, -0.05) is 70.9 Å². The number of carbonyl (C=O) groups excluding carboxylic acids is 2. The summed E-state index contributed by atoms with van der Waals surface area (Å²) >= 11 is 2.28. The zero-order valence-corrected chi connectivity index (χ0v) is 25.1. The predicted octanol–water partition coefficient (Wildman–Crippen LogP) is 7.99. The second-order valence-corrected chi connectivity index (χ2v) is 15.4. The van der Waals surface area contributed by atoms with Crippen molar-refractivity contribution in [3.63, 3.8) is 0 Å². The van der Waals surface area contributed by atoms with Crippen LogP contribution in [0.5, 0.6) is 0 Å². The quantitative estimate of drug-likeness (QED) is 0.230. The van der Waals surface area contributed by atoms with Crippen molar-refractivity contribution in [2.75, 3.05) is 7.11 Å². The van der Waals surface area contributed by atoms with Gasteiger partial charge in [-0.25, -0.2) is 0 Å². The third-order valence-electron chi connectivity index (χ3n) is 12.2. The minimum atomic E-state index is -0.404. The zero-order valence-electron chi connectivity index (χ0n) is 22.9. The number of hydrogen-bond donors (Lipinski definition) is 0. The van der Waals surface area contributed by atoms with Crippen LogP contribution in [0.4, 0.5) is 0 Å². The van der Waals surface area contributed by atoms with Gasteiger partial charge in [0.2, 0.25) is 0 Å². The van der Waals surface area contributed by atoms with Gasteiger partial charge in [0.25, 0.3) is 0 Å². The van der Waals surface area contributed by atoms with Crippen LogP contribution in [0.3, 0.4) is 0 Å². The summed E-state index contributed by atoms with van der Waals surface area (Å²) in [6.45, 7) is 16.4. The summed E-state index contributed by atoms with van der Waals surface area (Å²) in [6.07, 6.45) is 14.7. The highest BCUT2D eigenvalue weighted by molar-refractivity contribution is 14.1. The highest BCUT2D eigenvalue weighted by Crippen LogP contribution is 2.74. The fourth-order valence-corrected chi connectivity index (χ4v) is 10.9. The molecule has 192 valence electrons. The van der Waals surface area contributed by atoms with Crippen LogP contribution in [0.15, 0.2) is 33.0 Å². The number of ether oxygens (including phenoxy) is 1. The van der Waals surface area contributed by atoms with Gasteiger partial charge < -0.3 is 4.74 Å². The Morgan fingerprint density at radius 2 is 1.60 bits per heavy atom. The van der Waals surface area contributed by atoms with Crippen molar-refractivity contribution in [1.82, 2.24) is 0 Å². The number of ketones is 1. The topological polar surface area (TPSA) is 43.4 Å². The van der Waals surface area contributed by atoms with Gasteiger partial charge in [0.15, 0.2) is 5.78 Å². The fraction of sp³-hybridized carbons (Fsp3) is 0.742. The standard InChI is InChI=1S/C31H43IO3/c1-26(2)22-11-12-31(7)23(29(22,5)18-21(32)24(26)33)10-9-19-20-17-28(4,25(34)35-8)14-13-27(20,3)15-16-30(19,31)6/h9-10,18,20,22H,11-17H2,1-8H3/t20-,22-,27+,28-,29-,30+,31+/m0/s1. The number of Topliss-reactive ketones (excluding diaryl/α,β-unsaturated/α-hetero) is 1. The molecule has 3 nitrogen and oxygen atoms in total. The van der Waals surface area contributed by atoms with E-state index < -0.39 is 5.41 Å². The van der Waals surface area contributed by atoms with Gasteiger partial charge in [-0.2, -0.15) is 0 Å². The molecular formula is C31H43IO3. The smallest absolute Gasteiger partial charge is 0.311 e. The molecule has 3 fully saturated rings. The Bertz CT molecular complexity index is 1100. The highest BCUT2D eigenvalue weighted by Gasteiger charge is 2.66. The molecule has 0 bridgehead atoms. The summed E-state index contributed by atoms with van der Waals surface area (Å²) in [5.41, 5.74) is 2.59. The van der Waals surface area contributed by atoms with Crippen molar-refractivity contribution in [2.24, 2.45) is 44.3 Å². The molecule has 35 heavy (non-hydrogen) atoms. The summed E-state index contributed by atoms with van der Waals surface area (Å²) in [5.74, 6) is 0.984. The van der Waals surface area contributed by atoms with E-state index >= 15 is 0 Å². The molecule has 0 aromatic carbocycles. The van der Waals surface area contributed by atoms with Crippen LogP contribution in [0.1, 0.15) is 93.4 Å². The first kappa shape index (κ1) is 25.7. The van der Waals surface area contributed by atoms with Gasteiger partial charge in [0.05, 0.1) is 16.1 Å². The van der Waals surface area contributed by atoms with Gasteiger partial charge in [-0.05, 0) is 103 Å². The van der Waals surface area contributed by atoms with Crippen LogP contribution in [-0.4, -0.2) is 18.9 Å². The predicted molar refractivity (Wildman–Crippen MR) is 149 cm³/mol. The Labute approximate surface area is 225 Å². The maximum atomic E-state index is 13.2. The van der Waals surface area contributed by atoms with Crippen LogP contribution < -0.4 is 0 Å². The van der Waals surface area contributed by atoms with Crippen molar-refractivity contribution in [3.8, 4) is 0 Å². The Balaban J connectivity index is 1.65. The molecule has 0 unspecified atom stereocenters. The number of allylic oxidation sites excluding steroid dienone is 6. The van der Waals surface area contributed by atoms with E-state index in [1.165, 1.54) is 25.5 Å². The summed E-state index contributed by atoms with van der Waals surface area (Å²) in [6, 6.07) is 0. The van der Waals surface area contributed by atoms with Crippen molar-refractivity contribution in [2.45, 2.75) is 93.4 Å².